The first kappa shape index (κ1) is 16.3. The van der Waals surface area contributed by atoms with E-state index in [2.05, 4.69) is 4.98 Å². The summed E-state index contributed by atoms with van der Waals surface area (Å²) in [5, 5.41) is 19.2. The number of hydrogen-bond donors (Lipinski definition) is 4. The largest absolute Gasteiger partial charge is 0.480 e. The molecule has 130 valence electrons. The number of nitrogens with two attached hydrogens (primary N) is 2. The Morgan fingerprint density at radius 1 is 1.25 bits per heavy atom. The lowest BCUT2D eigenvalue weighted by atomic mass is 10.2. The predicted octanol–water partition coefficient (Wildman–Crippen LogP) is -0.858. The van der Waals surface area contributed by atoms with Gasteiger partial charge in [0.05, 0.1) is 11.8 Å². The summed E-state index contributed by atoms with van der Waals surface area (Å²) < 4.78 is 0. The van der Waals surface area contributed by atoms with Crippen LogP contribution in [0.1, 0.15) is 19.3 Å². The van der Waals surface area contributed by atoms with Crippen LogP contribution in [0.25, 0.3) is 0 Å². The van der Waals surface area contributed by atoms with Crippen molar-refractivity contribution in [3.05, 3.63) is 12.1 Å². The number of nitrogen functional groups attached to an aromatic ring is 1. The molecule has 0 aliphatic carbocycles. The number of aliphatic carboxylic acids is 1. The van der Waals surface area contributed by atoms with E-state index < -0.39 is 30.1 Å². The number of nitrogens with zero attached hydrogens (tertiary/aromatic N) is 3. The van der Waals surface area contributed by atoms with Gasteiger partial charge in [0, 0.05) is 19.5 Å². The van der Waals surface area contributed by atoms with Crippen molar-refractivity contribution in [3.8, 4) is 0 Å². The van der Waals surface area contributed by atoms with Crippen LogP contribution in [0.3, 0.4) is 0 Å². The minimum absolute atomic E-state index is 0.242. The summed E-state index contributed by atoms with van der Waals surface area (Å²) in [6.07, 6.45) is 0.865. The molecule has 2 fully saturated rings. The number of primary amides is 1. The lowest BCUT2D eigenvalue weighted by Crippen LogP contribution is -2.41. The molecule has 24 heavy (non-hydrogen) atoms. The standard InChI is InChI=1S/C15H21N5O4/c16-9-3-4-12(20-7-8(21)6-11(20)13(17)22)18-14(9)19-5-1-2-10(19)15(23)24/h3-4,8,10-11,21H,1-2,5-7,16H2,(H2,17,22)(H,23,24). The van der Waals surface area contributed by atoms with E-state index in [1.807, 2.05) is 0 Å². The molecule has 1 amide bonds. The van der Waals surface area contributed by atoms with Crippen LogP contribution < -0.4 is 21.3 Å². The van der Waals surface area contributed by atoms with Gasteiger partial charge >= 0.3 is 5.97 Å². The van der Waals surface area contributed by atoms with Gasteiger partial charge in [0.2, 0.25) is 5.91 Å². The van der Waals surface area contributed by atoms with Crippen molar-refractivity contribution in [2.24, 2.45) is 5.73 Å². The summed E-state index contributed by atoms with van der Waals surface area (Å²) in [5.74, 6) is -0.598. The Hall–Kier alpha value is -2.55. The second-order valence-electron chi connectivity index (χ2n) is 6.23. The molecule has 0 saturated carbocycles. The summed E-state index contributed by atoms with van der Waals surface area (Å²) in [6, 6.07) is 1.99. The van der Waals surface area contributed by atoms with Gasteiger partial charge in [-0.2, -0.15) is 0 Å². The summed E-state index contributed by atoms with van der Waals surface area (Å²) in [5.41, 5.74) is 11.8. The van der Waals surface area contributed by atoms with E-state index in [-0.39, 0.29) is 13.0 Å². The third kappa shape index (κ3) is 2.82. The Morgan fingerprint density at radius 2 is 2.00 bits per heavy atom. The fraction of sp³-hybridized carbons (Fsp3) is 0.533. The molecule has 1 aromatic rings. The number of aliphatic hydroxyl groups is 1. The molecule has 3 unspecified atom stereocenters. The van der Waals surface area contributed by atoms with Crippen molar-refractivity contribution in [3.63, 3.8) is 0 Å². The summed E-state index contributed by atoms with van der Waals surface area (Å²) in [6.45, 7) is 0.797. The third-order valence-corrected chi connectivity index (χ3v) is 4.60. The van der Waals surface area contributed by atoms with Crippen molar-refractivity contribution in [1.29, 1.82) is 0 Å². The Bertz CT molecular complexity index is 667. The number of carboxylic acids is 1. The maximum atomic E-state index is 11.6. The van der Waals surface area contributed by atoms with E-state index in [4.69, 9.17) is 11.5 Å². The van der Waals surface area contributed by atoms with E-state index in [1.165, 1.54) is 0 Å². The number of rotatable bonds is 4. The number of aromatic nitrogens is 1. The van der Waals surface area contributed by atoms with Crippen LogP contribution in [0.2, 0.25) is 0 Å². The third-order valence-electron chi connectivity index (χ3n) is 4.60. The predicted molar refractivity (Wildman–Crippen MR) is 87.6 cm³/mol. The zero-order valence-corrected chi connectivity index (χ0v) is 13.1. The summed E-state index contributed by atoms with van der Waals surface area (Å²) >= 11 is 0. The van der Waals surface area contributed by atoms with Crippen molar-refractivity contribution in [1.82, 2.24) is 4.98 Å². The van der Waals surface area contributed by atoms with Crippen LogP contribution in [0.15, 0.2) is 12.1 Å². The van der Waals surface area contributed by atoms with E-state index in [9.17, 15) is 19.8 Å². The number of carbonyl (C=O) groups excluding carboxylic acids is 1. The molecular formula is C15H21N5O4. The number of anilines is 3. The maximum absolute atomic E-state index is 11.6. The van der Waals surface area contributed by atoms with Crippen LogP contribution >= 0.6 is 0 Å². The highest BCUT2D eigenvalue weighted by Crippen LogP contribution is 2.33. The Balaban J connectivity index is 1.94. The highest BCUT2D eigenvalue weighted by molar-refractivity contribution is 5.85. The highest BCUT2D eigenvalue weighted by Gasteiger charge is 2.37. The Labute approximate surface area is 138 Å². The molecule has 6 N–H and O–H groups in total. The van der Waals surface area contributed by atoms with Crippen molar-refractivity contribution >= 4 is 29.2 Å². The first-order chi connectivity index (χ1) is 11.4. The number of β-amino-alcohol motifs (C(OH)–C–C–N with tert-alkyl or cyclic N) is 1. The van der Waals surface area contributed by atoms with Gasteiger partial charge in [-0.3, -0.25) is 4.79 Å². The fourth-order valence-corrected chi connectivity index (χ4v) is 3.45. The molecule has 1 aromatic heterocycles. The average molecular weight is 335 g/mol. The molecule has 0 radical (unpaired) electrons. The molecule has 9 nitrogen and oxygen atoms in total. The van der Waals surface area contributed by atoms with Crippen LogP contribution in [0, 0.1) is 0 Å². The van der Waals surface area contributed by atoms with Gasteiger partial charge in [-0.1, -0.05) is 0 Å². The topological polar surface area (TPSA) is 146 Å². The first-order valence-electron chi connectivity index (χ1n) is 7.88. The second kappa shape index (κ2) is 6.16. The maximum Gasteiger partial charge on any atom is 0.326 e. The average Bonchev–Trinajstić information content (AvgIpc) is 3.14. The van der Waals surface area contributed by atoms with Crippen molar-refractivity contribution in [2.45, 2.75) is 37.5 Å². The molecule has 0 aromatic carbocycles. The van der Waals surface area contributed by atoms with Gasteiger partial charge in [-0.25, -0.2) is 9.78 Å². The molecule has 0 bridgehead atoms. The summed E-state index contributed by atoms with van der Waals surface area (Å²) in [7, 11) is 0. The van der Waals surface area contributed by atoms with Gasteiger partial charge in [-0.05, 0) is 25.0 Å². The number of carboxylic acid groups (broad SMARTS) is 1. The number of carbonyl (C=O) groups is 2. The first-order valence-corrected chi connectivity index (χ1v) is 7.88. The SMILES string of the molecule is NC(=O)C1CC(O)CN1c1ccc(N)c(N2CCCC2C(=O)O)n1. The zero-order valence-electron chi connectivity index (χ0n) is 13.1. The number of hydrogen-bond acceptors (Lipinski definition) is 7. The van der Waals surface area contributed by atoms with Gasteiger partial charge in [-0.15, -0.1) is 0 Å². The molecule has 3 atom stereocenters. The molecule has 3 heterocycles. The Kier molecular flexibility index (Phi) is 4.18. The molecule has 2 aliphatic rings. The van der Waals surface area contributed by atoms with Gasteiger partial charge in [0.25, 0.3) is 0 Å². The molecule has 2 aliphatic heterocycles. The smallest absolute Gasteiger partial charge is 0.326 e. The molecule has 0 spiro atoms. The minimum atomic E-state index is -0.911. The van der Waals surface area contributed by atoms with Crippen LogP contribution in [-0.4, -0.2) is 58.4 Å². The van der Waals surface area contributed by atoms with Crippen molar-refractivity contribution < 1.29 is 19.8 Å². The van der Waals surface area contributed by atoms with Gasteiger partial charge < -0.3 is 31.5 Å². The van der Waals surface area contributed by atoms with Gasteiger partial charge in [0.15, 0.2) is 5.82 Å². The van der Waals surface area contributed by atoms with E-state index in [0.717, 1.165) is 6.42 Å². The zero-order chi connectivity index (χ0) is 17.4. The van der Waals surface area contributed by atoms with Gasteiger partial charge in [0.1, 0.15) is 17.9 Å². The van der Waals surface area contributed by atoms with Crippen LogP contribution in [0.5, 0.6) is 0 Å². The number of pyridine rings is 1. The normalized spacial score (nSPS) is 26.8. The fourth-order valence-electron chi connectivity index (χ4n) is 3.45. The molecule has 9 heteroatoms. The second-order valence-corrected chi connectivity index (χ2v) is 6.23. The number of amides is 1. The minimum Gasteiger partial charge on any atom is -0.480 e. The lowest BCUT2D eigenvalue weighted by Gasteiger charge is -2.27. The lowest BCUT2D eigenvalue weighted by molar-refractivity contribution is -0.138. The van der Waals surface area contributed by atoms with Crippen LogP contribution in [0.4, 0.5) is 17.3 Å². The van der Waals surface area contributed by atoms with E-state index in [0.29, 0.717) is 30.3 Å². The quantitative estimate of drug-likeness (QED) is 0.556. The van der Waals surface area contributed by atoms with Crippen LogP contribution in [-0.2, 0) is 9.59 Å². The number of aliphatic hydroxyl groups excluding tert-OH is 1. The molecular weight excluding hydrogens is 314 g/mol. The van der Waals surface area contributed by atoms with E-state index >= 15 is 0 Å². The Morgan fingerprint density at radius 3 is 2.67 bits per heavy atom. The summed E-state index contributed by atoms with van der Waals surface area (Å²) in [4.78, 5) is 30.8. The molecule has 3 rings (SSSR count). The highest BCUT2D eigenvalue weighted by atomic mass is 16.4. The van der Waals surface area contributed by atoms with Crippen molar-refractivity contribution in [2.75, 3.05) is 28.6 Å². The van der Waals surface area contributed by atoms with E-state index in [1.54, 1.807) is 21.9 Å². The monoisotopic (exact) mass is 335 g/mol. The molecule has 2 saturated heterocycles.